The van der Waals surface area contributed by atoms with E-state index in [1.165, 1.54) is 12.1 Å². The van der Waals surface area contributed by atoms with E-state index < -0.39 is 28.0 Å². The van der Waals surface area contributed by atoms with Crippen molar-refractivity contribution in [1.82, 2.24) is 4.72 Å². The van der Waals surface area contributed by atoms with E-state index in [4.69, 9.17) is 9.84 Å². The predicted molar refractivity (Wildman–Crippen MR) is 74.6 cm³/mol. The van der Waals surface area contributed by atoms with Crippen LogP contribution < -0.4 is 9.46 Å². The Hall–Kier alpha value is -1.86. The maximum absolute atomic E-state index is 12.3. The van der Waals surface area contributed by atoms with Crippen LogP contribution in [0.3, 0.4) is 0 Å². The van der Waals surface area contributed by atoms with Crippen LogP contribution in [0.25, 0.3) is 0 Å². The monoisotopic (exact) mass is 309 g/mol. The van der Waals surface area contributed by atoms with Gasteiger partial charge in [0.25, 0.3) is 0 Å². The third-order valence-electron chi connectivity index (χ3n) is 3.68. The van der Waals surface area contributed by atoms with Gasteiger partial charge in [0.15, 0.2) is 0 Å². The molecule has 1 aliphatic heterocycles. The molecule has 2 atom stereocenters. The SMILES string of the molecule is O=C(O)C1C=CC(NS(=O)(=O)c2ccc3c(c2)CCO3)C1. The Morgan fingerprint density at radius 1 is 1.33 bits per heavy atom. The largest absolute Gasteiger partial charge is 0.493 e. The van der Waals surface area contributed by atoms with Crippen LogP contribution in [-0.4, -0.2) is 32.1 Å². The highest BCUT2D eigenvalue weighted by atomic mass is 32.2. The number of benzene rings is 1. The Morgan fingerprint density at radius 2 is 2.14 bits per heavy atom. The van der Waals surface area contributed by atoms with E-state index in [1.807, 2.05) is 0 Å². The van der Waals surface area contributed by atoms with Gasteiger partial charge in [-0.2, -0.15) is 0 Å². The van der Waals surface area contributed by atoms with Gasteiger partial charge in [-0.1, -0.05) is 12.2 Å². The zero-order valence-electron chi connectivity index (χ0n) is 11.2. The molecule has 0 radical (unpaired) electrons. The molecule has 2 aliphatic rings. The molecular formula is C14H15NO5S. The van der Waals surface area contributed by atoms with Gasteiger partial charge in [-0.25, -0.2) is 13.1 Å². The van der Waals surface area contributed by atoms with Crippen molar-refractivity contribution in [2.24, 2.45) is 5.92 Å². The Bertz CT molecular complexity index is 710. The van der Waals surface area contributed by atoms with E-state index in [2.05, 4.69) is 4.72 Å². The predicted octanol–water partition coefficient (Wildman–Crippen LogP) is 0.929. The van der Waals surface area contributed by atoms with Gasteiger partial charge >= 0.3 is 5.97 Å². The molecule has 1 heterocycles. The molecule has 0 saturated heterocycles. The molecule has 0 fully saturated rings. The first-order valence-electron chi connectivity index (χ1n) is 6.65. The van der Waals surface area contributed by atoms with Crippen molar-refractivity contribution in [1.29, 1.82) is 0 Å². The number of hydrogen-bond donors (Lipinski definition) is 2. The molecule has 1 aromatic carbocycles. The first-order chi connectivity index (χ1) is 9.95. The summed E-state index contributed by atoms with van der Waals surface area (Å²) in [5, 5.41) is 8.91. The Balaban J connectivity index is 1.76. The highest BCUT2D eigenvalue weighted by Gasteiger charge is 2.28. The second kappa shape index (κ2) is 5.16. The third kappa shape index (κ3) is 2.79. The lowest BCUT2D eigenvalue weighted by atomic mass is 10.1. The molecule has 0 spiro atoms. The van der Waals surface area contributed by atoms with E-state index in [9.17, 15) is 13.2 Å². The molecule has 7 heteroatoms. The lowest BCUT2D eigenvalue weighted by Crippen LogP contribution is -2.33. The topological polar surface area (TPSA) is 92.7 Å². The third-order valence-corrected chi connectivity index (χ3v) is 5.17. The van der Waals surface area contributed by atoms with Crippen molar-refractivity contribution in [2.45, 2.75) is 23.8 Å². The van der Waals surface area contributed by atoms with Crippen LogP contribution in [-0.2, 0) is 21.2 Å². The lowest BCUT2D eigenvalue weighted by molar-refractivity contribution is -0.140. The van der Waals surface area contributed by atoms with Gasteiger partial charge in [0.05, 0.1) is 17.4 Å². The minimum Gasteiger partial charge on any atom is -0.493 e. The molecule has 3 rings (SSSR count). The number of sulfonamides is 1. The molecule has 1 aliphatic carbocycles. The summed E-state index contributed by atoms with van der Waals surface area (Å²) in [6, 6.07) is 4.28. The standard InChI is InChI=1S/C14H15NO5S/c16-14(17)10-1-2-11(7-10)15-21(18,19)12-3-4-13-9(8-12)5-6-20-13/h1-4,8,10-11,15H,5-7H2,(H,16,17). The molecule has 112 valence electrons. The average molecular weight is 309 g/mol. The van der Waals surface area contributed by atoms with Crippen molar-refractivity contribution in [3.8, 4) is 5.75 Å². The molecule has 2 N–H and O–H groups in total. The van der Waals surface area contributed by atoms with Gasteiger partial charge in [-0.15, -0.1) is 0 Å². The summed E-state index contributed by atoms with van der Waals surface area (Å²) in [6.07, 6.45) is 4.05. The minimum atomic E-state index is -3.66. The van der Waals surface area contributed by atoms with Crippen molar-refractivity contribution in [3.05, 3.63) is 35.9 Å². The maximum Gasteiger partial charge on any atom is 0.310 e. The summed E-state index contributed by atoms with van der Waals surface area (Å²) in [4.78, 5) is 11.0. The molecule has 0 saturated carbocycles. The fraction of sp³-hybridized carbons (Fsp3) is 0.357. The molecular weight excluding hydrogens is 294 g/mol. The number of ether oxygens (including phenoxy) is 1. The molecule has 21 heavy (non-hydrogen) atoms. The van der Waals surface area contributed by atoms with Crippen LogP contribution >= 0.6 is 0 Å². The number of carboxylic acid groups (broad SMARTS) is 1. The van der Waals surface area contributed by atoms with Gasteiger partial charge in [0, 0.05) is 12.5 Å². The van der Waals surface area contributed by atoms with E-state index in [0.29, 0.717) is 13.0 Å². The number of nitrogens with one attached hydrogen (secondary N) is 1. The normalized spacial score (nSPS) is 23.8. The first kappa shape index (κ1) is 14.1. The fourth-order valence-corrected chi connectivity index (χ4v) is 3.82. The lowest BCUT2D eigenvalue weighted by Gasteiger charge is -2.13. The molecule has 6 nitrogen and oxygen atoms in total. The van der Waals surface area contributed by atoms with Crippen molar-refractivity contribution >= 4 is 16.0 Å². The van der Waals surface area contributed by atoms with Crippen LogP contribution in [0.4, 0.5) is 0 Å². The van der Waals surface area contributed by atoms with Crippen LogP contribution in [0.15, 0.2) is 35.2 Å². The number of carbonyl (C=O) groups is 1. The van der Waals surface area contributed by atoms with E-state index in [0.717, 1.165) is 11.3 Å². The zero-order valence-corrected chi connectivity index (χ0v) is 12.0. The van der Waals surface area contributed by atoms with Gasteiger partial charge < -0.3 is 9.84 Å². The summed E-state index contributed by atoms with van der Waals surface area (Å²) >= 11 is 0. The number of aliphatic carboxylic acids is 1. The van der Waals surface area contributed by atoms with Crippen molar-refractivity contribution in [2.75, 3.05) is 6.61 Å². The second-order valence-electron chi connectivity index (χ2n) is 5.16. The van der Waals surface area contributed by atoms with Crippen molar-refractivity contribution in [3.63, 3.8) is 0 Å². The molecule has 0 bridgehead atoms. The molecule has 1 aromatic rings. The second-order valence-corrected chi connectivity index (χ2v) is 6.88. The van der Waals surface area contributed by atoms with Gasteiger partial charge in [-0.05, 0) is 30.2 Å². The Labute approximate surface area is 122 Å². The van der Waals surface area contributed by atoms with Crippen molar-refractivity contribution < 1.29 is 23.1 Å². The van der Waals surface area contributed by atoms with Crippen LogP contribution in [0, 0.1) is 5.92 Å². The minimum absolute atomic E-state index is 0.180. The number of fused-ring (bicyclic) bond motifs is 1. The van der Waals surface area contributed by atoms with Gasteiger partial charge in [0.2, 0.25) is 10.0 Å². The van der Waals surface area contributed by atoms with E-state index in [-0.39, 0.29) is 11.3 Å². The van der Waals surface area contributed by atoms with Crippen LogP contribution in [0.1, 0.15) is 12.0 Å². The fourth-order valence-electron chi connectivity index (χ4n) is 2.57. The highest BCUT2D eigenvalue weighted by molar-refractivity contribution is 7.89. The zero-order chi connectivity index (χ0) is 15.0. The number of hydrogen-bond acceptors (Lipinski definition) is 4. The van der Waals surface area contributed by atoms with Crippen LogP contribution in [0.5, 0.6) is 5.75 Å². The number of carboxylic acids is 1. The van der Waals surface area contributed by atoms with E-state index in [1.54, 1.807) is 18.2 Å². The van der Waals surface area contributed by atoms with Gasteiger partial charge in [-0.3, -0.25) is 4.79 Å². The maximum atomic E-state index is 12.3. The summed E-state index contributed by atoms with van der Waals surface area (Å²) in [7, 11) is -3.66. The smallest absolute Gasteiger partial charge is 0.310 e. The quantitative estimate of drug-likeness (QED) is 0.807. The summed E-state index contributed by atoms with van der Waals surface area (Å²) in [5.41, 5.74) is 0.878. The summed E-state index contributed by atoms with van der Waals surface area (Å²) in [5.74, 6) is -0.852. The molecule has 0 amide bonds. The summed E-state index contributed by atoms with van der Waals surface area (Å²) in [6.45, 7) is 0.567. The Kier molecular flexibility index (Phi) is 3.46. The Morgan fingerprint density at radius 3 is 2.86 bits per heavy atom. The highest BCUT2D eigenvalue weighted by Crippen LogP contribution is 2.28. The summed E-state index contributed by atoms with van der Waals surface area (Å²) < 4.78 is 32.5. The molecule has 2 unspecified atom stereocenters. The first-order valence-corrected chi connectivity index (χ1v) is 8.13. The van der Waals surface area contributed by atoms with Crippen LogP contribution in [0.2, 0.25) is 0 Å². The average Bonchev–Trinajstić information content (AvgIpc) is 3.05. The van der Waals surface area contributed by atoms with Gasteiger partial charge in [0.1, 0.15) is 5.75 Å². The number of rotatable bonds is 4. The van der Waals surface area contributed by atoms with E-state index >= 15 is 0 Å². The molecule has 0 aromatic heterocycles.